The molecule has 1 unspecified atom stereocenters. The maximum atomic E-state index is 11.5. The summed E-state index contributed by atoms with van der Waals surface area (Å²) in [5.41, 5.74) is -0.0201. The van der Waals surface area contributed by atoms with E-state index in [9.17, 15) is 13.2 Å². The molecule has 3 aliphatic rings. The highest BCUT2D eigenvalue weighted by Crippen LogP contribution is 2.34. The number of carbonyl (C=O) groups excluding carboxylic acids is 1. The van der Waals surface area contributed by atoms with Gasteiger partial charge in [-0.3, -0.25) is 4.79 Å². The highest BCUT2D eigenvalue weighted by atomic mass is 32.2. The quantitative estimate of drug-likeness (QED) is 0.509. The average molecular weight is 196 g/mol. The largest absolute Gasteiger partial charge is 0.348 e. The zero-order valence-corrected chi connectivity index (χ0v) is 7.13. The SMILES string of the molecule is O=C1C=CC2=NC3NC2=C1S3(=O)=O. The van der Waals surface area contributed by atoms with Gasteiger partial charge in [-0.1, -0.05) is 0 Å². The molecule has 2 aliphatic heterocycles. The van der Waals surface area contributed by atoms with Gasteiger partial charge in [-0.15, -0.1) is 0 Å². The van der Waals surface area contributed by atoms with Crippen LogP contribution in [0.3, 0.4) is 0 Å². The molecule has 0 aromatic carbocycles. The van der Waals surface area contributed by atoms with Crippen LogP contribution in [0.1, 0.15) is 0 Å². The van der Waals surface area contributed by atoms with Crippen LogP contribution in [0, 0.1) is 0 Å². The van der Waals surface area contributed by atoms with Gasteiger partial charge in [0.05, 0.1) is 11.4 Å². The van der Waals surface area contributed by atoms with Gasteiger partial charge in [-0.05, 0) is 12.2 Å². The van der Waals surface area contributed by atoms with Crippen LogP contribution in [0.2, 0.25) is 0 Å². The van der Waals surface area contributed by atoms with Gasteiger partial charge in [0.15, 0.2) is 5.78 Å². The Morgan fingerprint density at radius 3 is 2.77 bits per heavy atom. The Morgan fingerprint density at radius 2 is 2.15 bits per heavy atom. The van der Waals surface area contributed by atoms with Crippen molar-refractivity contribution in [2.75, 3.05) is 0 Å². The summed E-state index contributed by atoms with van der Waals surface area (Å²) in [6, 6.07) is 0. The maximum absolute atomic E-state index is 11.5. The molecule has 0 saturated carbocycles. The first kappa shape index (κ1) is 7.02. The number of ketones is 1. The number of fused-ring (bicyclic) bond motifs is 1. The summed E-state index contributed by atoms with van der Waals surface area (Å²) in [5.74, 6) is -0.455. The van der Waals surface area contributed by atoms with E-state index in [2.05, 4.69) is 10.3 Å². The van der Waals surface area contributed by atoms with Crippen molar-refractivity contribution in [3.63, 3.8) is 0 Å². The highest BCUT2D eigenvalue weighted by Gasteiger charge is 2.48. The third kappa shape index (κ3) is 0.614. The smallest absolute Gasteiger partial charge is 0.227 e. The van der Waals surface area contributed by atoms with E-state index in [1.54, 1.807) is 0 Å². The van der Waals surface area contributed by atoms with Crippen LogP contribution in [0.25, 0.3) is 0 Å². The van der Waals surface area contributed by atoms with E-state index in [1.807, 2.05) is 0 Å². The number of carbonyl (C=O) groups is 1. The van der Waals surface area contributed by atoms with Crippen molar-refractivity contribution in [1.29, 1.82) is 0 Å². The molecule has 2 heterocycles. The average Bonchev–Trinajstić information content (AvgIpc) is 2.55. The molecule has 13 heavy (non-hydrogen) atoms. The van der Waals surface area contributed by atoms with Crippen LogP contribution in [0.15, 0.2) is 27.7 Å². The van der Waals surface area contributed by atoms with Crippen LogP contribution in [0.4, 0.5) is 0 Å². The molecular weight excluding hydrogens is 192 g/mol. The van der Waals surface area contributed by atoms with Crippen molar-refractivity contribution in [2.24, 2.45) is 4.99 Å². The lowest BCUT2D eigenvalue weighted by Crippen LogP contribution is -2.25. The molecule has 5 nitrogen and oxygen atoms in total. The Labute approximate surface area is 73.8 Å². The topological polar surface area (TPSA) is 75.6 Å². The summed E-state index contributed by atoms with van der Waals surface area (Å²) < 4.78 is 23.0. The van der Waals surface area contributed by atoms with Crippen LogP contribution < -0.4 is 5.32 Å². The van der Waals surface area contributed by atoms with Gasteiger partial charge in [-0.25, -0.2) is 13.4 Å². The lowest BCUT2D eigenvalue weighted by molar-refractivity contribution is -0.110. The molecule has 3 rings (SSSR count). The van der Waals surface area contributed by atoms with E-state index >= 15 is 0 Å². The van der Waals surface area contributed by atoms with Crippen molar-refractivity contribution < 1.29 is 13.2 Å². The van der Waals surface area contributed by atoms with E-state index in [-0.39, 0.29) is 4.91 Å². The fourth-order valence-corrected chi connectivity index (χ4v) is 3.17. The number of allylic oxidation sites excluding steroid dienone is 3. The summed E-state index contributed by atoms with van der Waals surface area (Å²) in [6.45, 7) is 0. The minimum Gasteiger partial charge on any atom is -0.348 e. The Kier molecular flexibility index (Phi) is 0.941. The Morgan fingerprint density at radius 1 is 1.38 bits per heavy atom. The second kappa shape index (κ2) is 1.74. The van der Waals surface area contributed by atoms with Crippen LogP contribution in [-0.2, 0) is 14.6 Å². The zero-order valence-electron chi connectivity index (χ0n) is 6.31. The number of nitrogens with one attached hydrogen (secondary N) is 1. The minimum atomic E-state index is -3.53. The zero-order chi connectivity index (χ0) is 9.22. The molecule has 0 radical (unpaired) electrons. The third-order valence-corrected chi connectivity index (χ3v) is 3.99. The van der Waals surface area contributed by atoms with Gasteiger partial charge in [-0.2, -0.15) is 0 Å². The molecule has 0 spiro atoms. The standard InChI is InChI=1S/C7H4N2O3S/c10-4-2-1-3-5-6(4)13(11,12)7(8-3)9-5/h1-2,7,9H. The number of hydrogen-bond donors (Lipinski definition) is 1. The molecule has 1 atom stereocenters. The van der Waals surface area contributed by atoms with E-state index in [1.165, 1.54) is 12.2 Å². The monoisotopic (exact) mass is 196 g/mol. The van der Waals surface area contributed by atoms with Gasteiger partial charge in [0.1, 0.15) is 4.91 Å². The summed E-state index contributed by atoms with van der Waals surface area (Å²) in [7, 11) is -3.53. The molecular formula is C7H4N2O3S. The van der Waals surface area contributed by atoms with Crippen molar-refractivity contribution in [2.45, 2.75) is 5.50 Å². The van der Waals surface area contributed by atoms with Crippen molar-refractivity contribution in [3.8, 4) is 0 Å². The second-order valence-corrected chi connectivity index (χ2v) is 4.90. The van der Waals surface area contributed by atoms with E-state index in [0.717, 1.165) is 0 Å². The molecule has 0 amide bonds. The van der Waals surface area contributed by atoms with Gasteiger partial charge >= 0.3 is 0 Å². The highest BCUT2D eigenvalue weighted by molar-refractivity contribution is 7.97. The molecule has 0 saturated heterocycles. The fraction of sp³-hybridized carbons (Fsp3) is 0.143. The maximum Gasteiger partial charge on any atom is 0.227 e. The molecule has 0 aromatic rings. The number of hydrogen-bond acceptors (Lipinski definition) is 5. The Bertz CT molecular complexity index is 524. The molecule has 6 heteroatoms. The fourth-order valence-electron chi connectivity index (χ4n) is 1.62. The van der Waals surface area contributed by atoms with E-state index < -0.39 is 21.1 Å². The Balaban J connectivity index is 2.42. The van der Waals surface area contributed by atoms with E-state index in [0.29, 0.717) is 11.4 Å². The van der Waals surface area contributed by atoms with Crippen LogP contribution in [0.5, 0.6) is 0 Å². The first-order valence-electron chi connectivity index (χ1n) is 3.66. The number of aliphatic imine (C=N–C) groups is 1. The van der Waals surface area contributed by atoms with Gasteiger partial charge in [0.25, 0.3) is 0 Å². The summed E-state index contributed by atoms with van der Waals surface area (Å²) in [6.07, 6.45) is 2.77. The summed E-state index contributed by atoms with van der Waals surface area (Å²) in [5, 5.41) is 2.67. The number of nitrogens with zero attached hydrogens (tertiary/aromatic N) is 1. The van der Waals surface area contributed by atoms with E-state index in [4.69, 9.17) is 0 Å². The van der Waals surface area contributed by atoms with Crippen molar-refractivity contribution in [1.82, 2.24) is 5.32 Å². The van der Waals surface area contributed by atoms with Gasteiger partial charge in [0, 0.05) is 0 Å². The number of rotatable bonds is 0. The first-order chi connectivity index (χ1) is 6.10. The normalized spacial score (nSPS) is 32.2. The first-order valence-corrected chi connectivity index (χ1v) is 5.20. The Hall–Kier alpha value is -1.43. The molecule has 1 N–H and O–H groups in total. The summed E-state index contributed by atoms with van der Waals surface area (Å²) >= 11 is 0. The summed E-state index contributed by atoms with van der Waals surface area (Å²) in [4.78, 5) is 15.0. The number of sulfone groups is 1. The molecule has 2 bridgehead atoms. The molecule has 1 aliphatic carbocycles. The van der Waals surface area contributed by atoms with Crippen molar-refractivity contribution >= 4 is 21.3 Å². The predicted molar refractivity (Wildman–Crippen MR) is 44.5 cm³/mol. The third-order valence-electron chi connectivity index (χ3n) is 2.20. The van der Waals surface area contributed by atoms with Gasteiger partial charge < -0.3 is 5.32 Å². The second-order valence-electron chi connectivity index (χ2n) is 2.96. The lowest BCUT2D eigenvalue weighted by Gasteiger charge is -2.09. The minimum absolute atomic E-state index is 0.120. The predicted octanol–water partition coefficient (Wildman–Crippen LogP) is -0.907. The molecule has 0 aromatic heterocycles. The lowest BCUT2D eigenvalue weighted by atomic mass is 10.1. The molecule has 0 fully saturated rings. The van der Waals surface area contributed by atoms with Crippen molar-refractivity contribution in [3.05, 3.63) is 22.8 Å². The van der Waals surface area contributed by atoms with Crippen LogP contribution >= 0.6 is 0 Å². The van der Waals surface area contributed by atoms with Crippen LogP contribution in [-0.4, -0.2) is 25.4 Å². The van der Waals surface area contributed by atoms with Gasteiger partial charge in [0.2, 0.25) is 15.3 Å². The molecule has 66 valence electrons.